The number of amides is 1. The highest BCUT2D eigenvalue weighted by atomic mass is 32.2. The highest BCUT2D eigenvalue weighted by Gasteiger charge is 2.20. The number of sulfonamides is 1. The van der Waals surface area contributed by atoms with Crippen LogP contribution in [0.1, 0.15) is 27.3 Å². The van der Waals surface area contributed by atoms with Crippen molar-refractivity contribution in [3.8, 4) is 0 Å². The maximum absolute atomic E-state index is 12.4. The molecule has 4 N–H and O–H groups in total. The van der Waals surface area contributed by atoms with Gasteiger partial charge >= 0.3 is 0 Å². The van der Waals surface area contributed by atoms with E-state index in [1.807, 2.05) is 0 Å². The second-order valence-corrected chi connectivity index (χ2v) is 6.44. The van der Waals surface area contributed by atoms with Crippen LogP contribution in [0.4, 0.5) is 5.69 Å². The van der Waals surface area contributed by atoms with Crippen LogP contribution in [0.3, 0.4) is 0 Å². The molecule has 0 aliphatic heterocycles. The summed E-state index contributed by atoms with van der Waals surface area (Å²) in [6.07, 6.45) is 0. The lowest BCUT2D eigenvalue weighted by atomic mass is 10.1. The van der Waals surface area contributed by atoms with Gasteiger partial charge in [0.1, 0.15) is 0 Å². The molecule has 1 aromatic carbocycles. The molecule has 0 saturated heterocycles. The van der Waals surface area contributed by atoms with Gasteiger partial charge < -0.3 is 5.73 Å². The lowest BCUT2D eigenvalue weighted by Gasteiger charge is -2.10. The fraction of sp³-hybridized carbons (Fsp3) is 0.231. The lowest BCUT2D eigenvalue weighted by molar-refractivity contribution is 0.0999. The molecule has 1 aromatic heterocycles. The predicted octanol–water partition coefficient (Wildman–Crippen LogP) is 1.23. The van der Waals surface area contributed by atoms with Crippen LogP contribution in [-0.2, 0) is 10.0 Å². The Labute approximate surface area is 122 Å². The Morgan fingerprint density at radius 3 is 2.48 bits per heavy atom. The van der Waals surface area contributed by atoms with Gasteiger partial charge in [-0.2, -0.15) is 5.10 Å². The maximum Gasteiger partial charge on any atom is 0.262 e. The quantitative estimate of drug-likeness (QED) is 0.787. The Kier molecular flexibility index (Phi) is 3.73. The molecule has 0 saturated carbocycles. The summed E-state index contributed by atoms with van der Waals surface area (Å²) >= 11 is 0. The van der Waals surface area contributed by atoms with E-state index in [1.165, 1.54) is 12.1 Å². The van der Waals surface area contributed by atoms with Gasteiger partial charge in [-0.3, -0.25) is 14.6 Å². The third-order valence-electron chi connectivity index (χ3n) is 3.15. The van der Waals surface area contributed by atoms with Crippen molar-refractivity contribution in [2.24, 2.45) is 5.73 Å². The third kappa shape index (κ3) is 2.89. The molecule has 1 heterocycles. The molecule has 8 heteroatoms. The predicted molar refractivity (Wildman–Crippen MR) is 78.6 cm³/mol. The second kappa shape index (κ2) is 5.21. The fourth-order valence-corrected chi connectivity index (χ4v) is 3.14. The molecule has 0 atom stereocenters. The van der Waals surface area contributed by atoms with E-state index in [0.29, 0.717) is 22.6 Å². The number of hydrogen-bond acceptors (Lipinski definition) is 4. The molecule has 7 nitrogen and oxygen atoms in total. The number of hydrogen-bond donors (Lipinski definition) is 3. The number of rotatable bonds is 4. The maximum atomic E-state index is 12.4. The monoisotopic (exact) mass is 308 g/mol. The van der Waals surface area contributed by atoms with Crippen LogP contribution in [-0.4, -0.2) is 24.5 Å². The molecular weight excluding hydrogens is 292 g/mol. The van der Waals surface area contributed by atoms with Gasteiger partial charge in [0.25, 0.3) is 10.0 Å². The molecule has 2 rings (SSSR count). The summed E-state index contributed by atoms with van der Waals surface area (Å²) in [5, 5.41) is 6.63. The van der Waals surface area contributed by atoms with Gasteiger partial charge in [-0.25, -0.2) is 8.42 Å². The topological polar surface area (TPSA) is 118 Å². The van der Waals surface area contributed by atoms with Gasteiger partial charge in [0.15, 0.2) is 0 Å². The van der Waals surface area contributed by atoms with Gasteiger partial charge in [-0.15, -0.1) is 0 Å². The summed E-state index contributed by atoms with van der Waals surface area (Å²) in [6.45, 7) is 5.08. The first-order valence-electron chi connectivity index (χ1n) is 6.17. The van der Waals surface area contributed by atoms with Crippen molar-refractivity contribution >= 4 is 21.6 Å². The smallest absolute Gasteiger partial charge is 0.262 e. The first kappa shape index (κ1) is 15.0. The standard InChI is InChI=1S/C13H16N4O3S/c1-7-4-5-10(6-11(7)13(14)18)21(19,20)17-12-8(2)15-16-9(12)3/h4-6,17H,1-3H3,(H2,14,18)(H,15,16). The van der Waals surface area contributed by atoms with Crippen molar-refractivity contribution in [2.75, 3.05) is 4.72 Å². The van der Waals surface area contributed by atoms with E-state index in [0.717, 1.165) is 0 Å². The van der Waals surface area contributed by atoms with Gasteiger partial charge in [0.2, 0.25) is 5.91 Å². The molecule has 1 amide bonds. The van der Waals surface area contributed by atoms with Crippen molar-refractivity contribution in [1.82, 2.24) is 10.2 Å². The molecule has 112 valence electrons. The molecular formula is C13H16N4O3S. The molecule has 0 radical (unpaired) electrons. The van der Waals surface area contributed by atoms with E-state index in [1.54, 1.807) is 26.8 Å². The molecule has 2 aromatic rings. The fourth-order valence-electron chi connectivity index (χ4n) is 1.93. The van der Waals surface area contributed by atoms with Crippen LogP contribution in [0.15, 0.2) is 23.1 Å². The van der Waals surface area contributed by atoms with E-state index < -0.39 is 15.9 Å². The minimum absolute atomic E-state index is 0.0260. The Hall–Kier alpha value is -2.35. The van der Waals surface area contributed by atoms with E-state index in [2.05, 4.69) is 14.9 Å². The van der Waals surface area contributed by atoms with Crippen LogP contribution in [0.5, 0.6) is 0 Å². The largest absolute Gasteiger partial charge is 0.366 e. The van der Waals surface area contributed by atoms with Crippen molar-refractivity contribution in [3.63, 3.8) is 0 Å². The number of H-pyrrole nitrogens is 1. The first-order valence-corrected chi connectivity index (χ1v) is 7.65. The summed E-state index contributed by atoms with van der Waals surface area (Å²) in [5.41, 5.74) is 7.59. The minimum atomic E-state index is -3.82. The number of nitrogens with two attached hydrogens (primary N) is 1. The van der Waals surface area contributed by atoms with Crippen LogP contribution < -0.4 is 10.5 Å². The molecule has 0 spiro atoms. The molecule has 0 fully saturated rings. The number of aromatic nitrogens is 2. The third-order valence-corrected chi connectivity index (χ3v) is 4.50. The molecule has 21 heavy (non-hydrogen) atoms. The highest BCUT2D eigenvalue weighted by molar-refractivity contribution is 7.92. The number of primary amides is 1. The van der Waals surface area contributed by atoms with Gasteiger partial charge in [-0.05, 0) is 38.5 Å². The first-order chi connectivity index (χ1) is 9.72. The zero-order valence-corrected chi connectivity index (χ0v) is 12.7. The van der Waals surface area contributed by atoms with Crippen molar-refractivity contribution < 1.29 is 13.2 Å². The van der Waals surface area contributed by atoms with Gasteiger partial charge in [0.05, 0.1) is 22.0 Å². The number of carbonyl (C=O) groups excluding carboxylic acids is 1. The van der Waals surface area contributed by atoms with Crippen molar-refractivity contribution in [3.05, 3.63) is 40.7 Å². The van der Waals surface area contributed by atoms with E-state index in [-0.39, 0.29) is 10.5 Å². The van der Waals surface area contributed by atoms with E-state index >= 15 is 0 Å². The Balaban J connectivity index is 2.45. The number of aromatic amines is 1. The zero-order valence-electron chi connectivity index (χ0n) is 11.9. The molecule has 0 aliphatic carbocycles. The Morgan fingerprint density at radius 1 is 1.29 bits per heavy atom. The normalized spacial score (nSPS) is 11.4. The summed E-state index contributed by atoms with van der Waals surface area (Å²) < 4.78 is 27.2. The molecule has 0 bridgehead atoms. The average Bonchev–Trinajstić information content (AvgIpc) is 2.70. The van der Waals surface area contributed by atoms with E-state index in [4.69, 9.17) is 5.73 Å². The highest BCUT2D eigenvalue weighted by Crippen LogP contribution is 2.22. The summed E-state index contributed by atoms with van der Waals surface area (Å²) in [6, 6.07) is 4.24. The number of nitrogens with zero attached hydrogens (tertiary/aromatic N) is 1. The lowest BCUT2D eigenvalue weighted by Crippen LogP contribution is -2.17. The van der Waals surface area contributed by atoms with Gasteiger partial charge in [0, 0.05) is 5.56 Å². The Morgan fingerprint density at radius 2 is 1.95 bits per heavy atom. The van der Waals surface area contributed by atoms with Crippen LogP contribution in [0, 0.1) is 20.8 Å². The summed E-state index contributed by atoms with van der Waals surface area (Å²) in [5.74, 6) is -0.666. The van der Waals surface area contributed by atoms with Crippen molar-refractivity contribution in [1.29, 1.82) is 0 Å². The number of benzene rings is 1. The Bertz CT molecular complexity index is 789. The average molecular weight is 308 g/mol. The van der Waals surface area contributed by atoms with Crippen molar-refractivity contribution in [2.45, 2.75) is 25.7 Å². The number of carbonyl (C=O) groups is 1. The van der Waals surface area contributed by atoms with Crippen LogP contribution in [0.25, 0.3) is 0 Å². The van der Waals surface area contributed by atoms with E-state index in [9.17, 15) is 13.2 Å². The minimum Gasteiger partial charge on any atom is -0.366 e. The zero-order chi connectivity index (χ0) is 15.8. The molecule has 0 aliphatic rings. The van der Waals surface area contributed by atoms with Crippen LogP contribution >= 0.6 is 0 Å². The second-order valence-electron chi connectivity index (χ2n) is 4.76. The summed E-state index contributed by atoms with van der Waals surface area (Å²) in [4.78, 5) is 11.3. The number of anilines is 1. The van der Waals surface area contributed by atoms with Gasteiger partial charge in [-0.1, -0.05) is 6.07 Å². The van der Waals surface area contributed by atoms with Crippen LogP contribution in [0.2, 0.25) is 0 Å². The number of aryl methyl sites for hydroxylation is 3. The molecule has 0 unspecified atom stereocenters. The summed E-state index contributed by atoms with van der Waals surface area (Å²) in [7, 11) is -3.82. The number of nitrogens with one attached hydrogen (secondary N) is 2. The SMILES string of the molecule is Cc1ccc(S(=O)(=O)Nc2c(C)n[nH]c2C)cc1C(N)=O.